The number of carbonyl (C=O) groups is 1. The van der Waals surface area contributed by atoms with E-state index in [1.54, 1.807) is 23.9 Å². The molecule has 0 spiro atoms. The molecular formula is C19H30N2O3S3. The second-order valence-corrected chi connectivity index (χ2v) is 12.3. The Morgan fingerprint density at radius 2 is 1.78 bits per heavy atom. The largest absolute Gasteiger partial charge is 0.355 e. The lowest BCUT2D eigenvalue weighted by Crippen LogP contribution is -2.43. The van der Waals surface area contributed by atoms with Crippen molar-refractivity contribution in [1.29, 1.82) is 0 Å². The zero-order valence-corrected chi connectivity index (χ0v) is 19.0. The average Bonchev–Trinajstić information content (AvgIpc) is 2.64. The Morgan fingerprint density at radius 3 is 2.30 bits per heavy atom. The molecule has 0 aromatic heterocycles. The number of benzene rings is 1. The molecule has 0 unspecified atom stereocenters. The first kappa shape index (κ1) is 22.6. The van der Waals surface area contributed by atoms with E-state index in [9.17, 15) is 13.2 Å². The lowest BCUT2D eigenvalue weighted by Gasteiger charge is -2.30. The predicted molar refractivity (Wildman–Crippen MR) is 115 cm³/mol. The quantitative estimate of drug-likeness (QED) is 0.530. The van der Waals surface area contributed by atoms with Gasteiger partial charge in [-0.15, -0.1) is 11.8 Å². The van der Waals surface area contributed by atoms with Gasteiger partial charge in [0, 0.05) is 40.9 Å². The summed E-state index contributed by atoms with van der Waals surface area (Å²) in [4.78, 5) is 13.7. The van der Waals surface area contributed by atoms with Crippen molar-refractivity contribution in [2.24, 2.45) is 5.92 Å². The molecule has 27 heavy (non-hydrogen) atoms. The smallest absolute Gasteiger partial charge is 0.243 e. The van der Waals surface area contributed by atoms with E-state index in [-0.39, 0.29) is 16.6 Å². The number of sulfonamides is 1. The van der Waals surface area contributed by atoms with E-state index in [1.807, 2.05) is 30.2 Å². The van der Waals surface area contributed by atoms with Crippen molar-refractivity contribution < 1.29 is 13.2 Å². The van der Waals surface area contributed by atoms with Crippen LogP contribution in [0.3, 0.4) is 0 Å². The van der Waals surface area contributed by atoms with E-state index >= 15 is 0 Å². The summed E-state index contributed by atoms with van der Waals surface area (Å²) in [6.45, 7) is 7.91. The van der Waals surface area contributed by atoms with Crippen LogP contribution in [0.2, 0.25) is 0 Å². The topological polar surface area (TPSA) is 66.5 Å². The molecule has 1 aromatic rings. The summed E-state index contributed by atoms with van der Waals surface area (Å²) in [6.07, 6.45) is 3.10. The van der Waals surface area contributed by atoms with Crippen LogP contribution in [-0.2, 0) is 14.8 Å². The Labute approximate surface area is 172 Å². The fourth-order valence-electron chi connectivity index (χ4n) is 2.93. The number of amides is 1. The van der Waals surface area contributed by atoms with Crippen molar-refractivity contribution in [1.82, 2.24) is 9.62 Å². The predicted octanol–water partition coefficient (Wildman–Crippen LogP) is 3.46. The monoisotopic (exact) mass is 430 g/mol. The molecule has 1 amide bonds. The SMILES string of the molecule is CSc1ccc(S(=O)(=O)N2CCC(C(=O)NCCSC(C)(C)C)CC2)cc1. The van der Waals surface area contributed by atoms with Crippen LogP contribution in [0.25, 0.3) is 0 Å². The van der Waals surface area contributed by atoms with Gasteiger partial charge in [-0.3, -0.25) is 4.79 Å². The van der Waals surface area contributed by atoms with Gasteiger partial charge in [0.1, 0.15) is 0 Å². The van der Waals surface area contributed by atoms with E-state index in [0.717, 1.165) is 10.6 Å². The number of nitrogens with one attached hydrogen (secondary N) is 1. The molecule has 1 saturated heterocycles. The maximum atomic E-state index is 12.8. The molecule has 0 radical (unpaired) electrons. The van der Waals surface area contributed by atoms with E-state index in [2.05, 4.69) is 26.1 Å². The molecule has 2 rings (SSSR count). The van der Waals surface area contributed by atoms with Crippen LogP contribution in [-0.4, -0.2) is 55.0 Å². The van der Waals surface area contributed by atoms with Gasteiger partial charge in [0.15, 0.2) is 0 Å². The first-order valence-corrected chi connectivity index (χ1v) is 12.8. The summed E-state index contributed by atoms with van der Waals surface area (Å²) in [5, 5.41) is 2.99. The Kier molecular flexibility index (Phi) is 8.09. The van der Waals surface area contributed by atoms with Crippen LogP contribution in [0.5, 0.6) is 0 Å². The Morgan fingerprint density at radius 1 is 1.19 bits per heavy atom. The van der Waals surface area contributed by atoms with Crippen LogP contribution in [0.4, 0.5) is 0 Å². The number of thioether (sulfide) groups is 2. The van der Waals surface area contributed by atoms with Crippen LogP contribution in [0.1, 0.15) is 33.6 Å². The molecule has 5 nitrogen and oxygen atoms in total. The third-order valence-corrected chi connectivity index (χ3v) is 8.39. The molecule has 1 aliphatic heterocycles. The Balaban J connectivity index is 1.84. The molecule has 1 fully saturated rings. The minimum atomic E-state index is -3.48. The second-order valence-electron chi connectivity index (χ2n) is 7.61. The van der Waals surface area contributed by atoms with Crippen LogP contribution >= 0.6 is 23.5 Å². The van der Waals surface area contributed by atoms with Crippen molar-refractivity contribution in [3.63, 3.8) is 0 Å². The van der Waals surface area contributed by atoms with Gasteiger partial charge in [-0.05, 0) is 43.4 Å². The van der Waals surface area contributed by atoms with Crippen LogP contribution < -0.4 is 5.32 Å². The van der Waals surface area contributed by atoms with Gasteiger partial charge in [-0.2, -0.15) is 16.1 Å². The number of piperidine rings is 1. The van der Waals surface area contributed by atoms with Crippen molar-refractivity contribution in [2.75, 3.05) is 31.6 Å². The van der Waals surface area contributed by atoms with Crippen LogP contribution in [0.15, 0.2) is 34.1 Å². The van der Waals surface area contributed by atoms with Gasteiger partial charge in [-0.25, -0.2) is 8.42 Å². The molecule has 1 N–H and O–H groups in total. The van der Waals surface area contributed by atoms with Crippen molar-refractivity contribution in [2.45, 2.75) is 48.2 Å². The summed E-state index contributed by atoms with van der Waals surface area (Å²) in [5.41, 5.74) is 0. The highest BCUT2D eigenvalue weighted by Gasteiger charge is 2.32. The average molecular weight is 431 g/mol. The number of carbonyl (C=O) groups excluding carboxylic acids is 1. The first-order valence-electron chi connectivity index (χ1n) is 9.19. The van der Waals surface area contributed by atoms with Gasteiger partial charge >= 0.3 is 0 Å². The maximum Gasteiger partial charge on any atom is 0.243 e. The number of rotatable bonds is 7. The zero-order chi connectivity index (χ0) is 20.1. The van der Waals surface area contributed by atoms with Crippen molar-refractivity contribution >= 4 is 39.5 Å². The van der Waals surface area contributed by atoms with Gasteiger partial charge in [-0.1, -0.05) is 20.8 Å². The molecule has 1 aromatic carbocycles. The molecular weight excluding hydrogens is 400 g/mol. The summed E-state index contributed by atoms with van der Waals surface area (Å²) >= 11 is 3.40. The van der Waals surface area contributed by atoms with Gasteiger partial charge in [0.2, 0.25) is 15.9 Å². The lowest BCUT2D eigenvalue weighted by molar-refractivity contribution is -0.125. The van der Waals surface area contributed by atoms with Gasteiger partial charge in [0.25, 0.3) is 0 Å². The fraction of sp³-hybridized carbons (Fsp3) is 0.632. The Bertz CT molecular complexity index is 720. The van der Waals surface area contributed by atoms with Gasteiger partial charge in [0.05, 0.1) is 4.90 Å². The number of nitrogens with zero attached hydrogens (tertiary/aromatic N) is 1. The number of hydrogen-bond donors (Lipinski definition) is 1. The molecule has 1 heterocycles. The minimum absolute atomic E-state index is 0.0471. The van der Waals surface area contributed by atoms with Crippen LogP contribution in [0, 0.1) is 5.92 Å². The second kappa shape index (κ2) is 9.67. The molecule has 0 aliphatic carbocycles. The van der Waals surface area contributed by atoms with E-state index < -0.39 is 10.0 Å². The van der Waals surface area contributed by atoms with E-state index in [0.29, 0.717) is 37.4 Å². The first-order chi connectivity index (χ1) is 12.6. The van der Waals surface area contributed by atoms with Gasteiger partial charge < -0.3 is 5.32 Å². The third-order valence-electron chi connectivity index (χ3n) is 4.46. The summed E-state index contributed by atoms with van der Waals surface area (Å²) in [6, 6.07) is 6.97. The Hall–Kier alpha value is -0.700. The molecule has 152 valence electrons. The molecule has 0 atom stereocenters. The highest BCUT2D eigenvalue weighted by molar-refractivity contribution is 8.00. The molecule has 1 aliphatic rings. The highest BCUT2D eigenvalue weighted by atomic mass is 32.2. The van der Waals surface area contributed by atoms with Crippen molar-refractivity contribution in [3.8, 4) is 0 Å². The number of hydrogen-bond acceptors (Lipinski definition) is 5. The lowest BCUT2D eigenvalue weighted by atomic mass is 9.97. The maximum absolute atomic E-state index is 12.8. The highest BCUT2D eigenvalue weighted by Crippen LogP contribution is 2.26. The standard InChI is InChI=1S/C19H30N2O3S3/c1-19(2,3)26-14-11-20-18(22)15-9-12-21(13-10-15)27(23,24)17-7-5-16(25-4)6-8-17/h5-8,15H,9-14H2,1-4H3,(H,20,22). The summed E-state index contributed by atoms with van der Waals surface area (Å²) < 4.78 is 27.3. The minimum Gasteiger partial charge on any atom is -0.355 e. The fourth-order valence-corrected chi connectivity index (χ4v) is 5.63. The molecule has 0 bridgehead atoms. The normalized spacial score (nSPS) is 17.0. The summed E-state index contributed by atoms with van der Waals surface area (Å²) in [5.74, 6) is 0.829. The van der Waals surface area contributed by atoms with Crippen molar-refractivity contribution in [3.05, 3.63) is 24.3 Å². The van der Waals surface area contributed by atoms with E-state index in [4.69, 9.17) is 0 Å². The molecule has 0 saturated carbocycles. The zero-order valence-electron chi connectivity index (χ0n) is 16.5. The molecule has 8 heteroatoms. The summed E-state index contributed by atoms with van der Waals surface area (Å²) in [7, 11) is -3.48. The third kappa shape index (κ3) is 6.69. The van der Waals surface area contributed by atoms with E-state index in [1.165, 1.54) is 4.31 Å².